The van der Waals surface area contributed by atoms with Crippen LogP contribution in [-0.4, -0.2) is 36.2 Å². The monoisotopic (exact) mass is 369 g/mol. The number of aromatic nitrogens is 1. The number of benzene rings is 1. The van der Waals surface area contributed by atoms with Crippen molar-refractivity contribution in [2.24, 2.45) is 0 Å². The summed E-state index contributed by atoms with van der Waals surface area (Å²) in [6.45, 7) is 10.2. The number of nitrogens with two attached hydrogens (primary N) is 1. The summed E-state index contributed by atoms with van der Waals surface area (Å²) in [4.78, 5) is 30.6. The van der Waals surface area contributed by atoms with Crippen LogP contribution in [0.25, 0.3) is 10.8 Å². The number of fused-ring (bicyclic) bond motifs is 1. The largest absolute Gasteiger partial charge is 0.443 e. The first-order valence-electron chi connectivity index (χ1n) is 8.49. The lowest BCUT2D eigenvalue weighted by Gasteiger charge is -2.28. The van der Waals surface area contributed by atoms with E-state index in [-0.39, 0.29) is 5.82 Å². The third kappa shape index (κ3) is 4.90. The first-order valence-corrected chi connectivity index (χ1v) is 8.49. The van der Waals surface area contributed by atoms with Crippen LogP contribution in [0.3, 0.4) is 0 Å². The number of rotatable bonds is 1. The minimum Gasteiger partial charge on any atom is -0.443 e. The fraction of sp³-hybridized carbons (Fsp3) is 0.421. The number of ether oxygens (including phenoxy) is 2. The molecule has 2 amide bonds. The van der Waals surface area contributed by atoms with Gasteiger partial charge in [-0.15, -0.1) is 0 Å². The van der Waals surface area contributed by atoms with Crippen LogP contribution in [-0.2, 0) is 9.47 Å². The van der Waals surface area contributed by atoms with Gasteiger partial charge in [-0.05, 0) is 65.1 Å². The van der Waals surface area contributed by atoms with Crippen molar-refractivity contribution in [1.29, 1.82) is 0 Å². The van der Waals surface area contributed by atoms with E-state index in [0.717, 1.165) is 4.90 Å². The van der Waals surface area contributed by atoms with Gasteiger partial charge in [-0.25, -0.2) is 14.6 Å². The molecule has 0 atom stereocenters. The van der Waals surface area contributed by atoms with E-state index >= 15 is 0 Å². The lowest BCUT2D eigenvalue weighted by molar-refractivity contribution is 0.0429. The number of nitrogen functional groups attached to an aromatic ring is 1. The van der Waals surface area contributed by atoms with Crippen molar-refractivity contribution in [3.05, 3.63) is 24.4 Å². The Morgan fingerprint density at radius 2 is 1.48 bits per heavy atom. The standard InChI is InChI=1S/C19H24BN3O4/c1-18(2,3)26-16(24)23(17(25)27-19(4,5)6)15-12-7-8-13(21)14(20)11(12)9-10-22-15/h7-10H,21H2,1-6H3. The van der Waals surface area contributed by atoms with Crippen molar-refractivity contribution < 1.29 is 19.1 Å². The van der Waals surface area contributed by atoms with Gasteiger partial charge in [-0.1, -0.05) is 5.46 Å². The first-order chi connectivity index (χ1) is 12.3. The van der Waals surface area contributed by atoms with E-state index in [2.05, 4.69) is 4.98 Å². The molecular weight excluding hydrogens is 345 g/mol. The zero-order valence-electron chi connectivity index (χ0n) is 16.5. The van der Waals surface area contributed by atoms with Gasteiger partial charge < -0.3 is 15.2 Å². The maximum Gasteiger partial charge on any atom is 0.425 e. The molecule has 27 heavy (non-hydrogen) atoms. The van der Waals surface area contributed by atoms with E-state index < -0.39 is 23.4 Å². The third-order valence-electron chi connectivity index (χ3n) is 3.36. The fourth-order valence-electron chi connectivity index (χ4n) is 2.32. The van der Waals surface area contributed by atoms with Crippen LogP contribution in [0.1, 0.15) is 41.5 Å². The van der Waals surface area contributed by atoms with Crippen molar-refractivity contribution in [2.75, 3.05) is 10.6 Å². The predicted molar refractivity (Wildman–Crippen MR) is 106 cm³/mol. The molecule has 8 heteroatoms. The molecule has 142 valence electrons. The summed E-state index contributed by atoms with van der Waals surface area (Å²) in [7, 11) is 6.04. The maximum atomic E-state index is 12.8. The lowest BCUT2D eigenvalue weighted by atomic mass is 9.89. The highest BCUT2D eigenvalue weighted by Gasteiger charge is 2.34. The Hall–Kier alpha value is -2.77. The van der Waals surface area contributed by atoms with E-state index in [4.69, 9.17) is 23.1 Å². The van der Waals surface area contributed by atoms with Crippen LogP contribution in [0.4, 0.5) is 21.1 Å². The van der Waals surface area contributed by atoms with Crippen LogP contribution in [0.5, 0.6) is 0 Å². The molecule has 0 aliphatic carbocycles. The summed E-state index contributed by atoms with van der Waals surface area (Å²) >= 11 is 0. The van der Waals surface area contributed by atoms with Crippen LogP contribution < -0.4 is 16.1 Å². The van der Waals surface area contributed by atoms with Crippen molar-refractivity contribution in [2.45, 2.75) is 52.7 Å². The van der Waals surface area contributed by atoms with E-state index in [1.165, 1.54) is 6.20 Å². The molecule has 2 N–H and O–H groups in total. The highest BCUT2D eigenvalue weighted by molar-refractivity contribution is 6.42. The van der Waals surface area contributed by atoms with Gasteiger partial charge in [0.15, 0.2) is 5.82 Å². The zero-order chi connectivity index (χ0) is 20.6. The Labute approximate surface area is 160 Å². The summed E-state index contributed by atoms with van der Waals surface area (Å²) in [6, 6.07) is 4.89. The topological polar surface area (TPSA) is 94.8 Å². The molecule has 0 bridgehead atoms. The molecule has 0 saturated heterocycles. The second-order valence-corrected chi connectivity index (χ2v) is 8.09. The maximum absolute atomic E-state index is 12.8. The smallest absolute Gasteiger partial charge is 0.425 e. The predicted octanol–water partition coefficient (Wildman–Crippen LogP) is 3.29. The van der Waals surface area contributed by atoms with E-state index in [9.17, 15) is 9.59 Å². The molecule has 0 fully saturated rings. The lowest BCUT2D eigenvalue weighted by Crippen LogP contribution is -2.44. The van der Waals surface area contributed by atoms with E-state index in [1.54, 1.807) is 59.7 Å². The van der Waals surface area contributed by atoms with Gasteiger partial charge >= 0.3 is 12.2 Å². The van der Waals surface area contributed by atoms with Gasteiger partial charge in [0.1, 0.15) is 19.0 Å². The number of nitrogens with zero attached hydrogens (tertiary/aromatic N) is 2. The second-order valence-electron chi connectivity index (χ2n) is 8.09. The highest BCUT2D eigenvalue weighted by atomic mass is 16.6. The summed E-state index contributed by atoms with van der Waals surface area (Å²) in [5.41, 5.74) is 4.95. The molecule has 2 aromatic rings. The molecule has 2 rings (SSSR count). The normalized spacial score (nSPS) is 11.9. The highest BCUT2D eigenvalue weighted by Crippen LogP contribution is 2.27. The SMILES string of the molecule is [B]c1c(N)ccc2c(N(C(=O)OC(C)(C)C)C(=O)OC(C)(C)C)nccc12. The fourth-order valence-corrected chi connectivity index (χ4v) is 2.32. The number of carbonyl (C=O) groups excluding carboxylic acids is 2. The minimum atomic E-state index is -0.896. The molecule has 1 heterocycles. The summed E-state index contributed by atoms with van der Waals surface area (Å²) in [6.07, 6.45) is -0.353. The number of hydrogen-bond donors (Lipinski definition) is 1. The summed E-state index contributed by atoms with van der Waals surface area (Å²) in [5.74, 6) is 0.0581. The Morgan fingerprint density at radius 3 is 1.96 bits per heavy atom. The van der Waals surface area contributed by atoms with Gasteiger partial charge in [0.2, 0.25) is 0 Å². The van der Waals surface area contributed by atoms with Gasteiger partial charge in [0.25, 0.3) is 0 Å². The van der Waals surface area contributed by atoms with Gasteiger partial charge in [0.05, 0.1) is 0 Å². The van der Waals surface area contributed by atoms with Crippen molar-refractivity contribution >= 4 is 47.8 Å². The minimum absolute atomic E-state index is 0.0581. The molecule has 1 aromatic heterocycles. The molecule has 0 saturated carbocycles. The molecule has 1 aromatic carbocycles. The van der Waals surface area contributed by atoms with Crippen LogP contribution in [0, 0.1) is 0 Å². The molecule has 0 spiro atoms. The van der Waals surface area contributed by atoms with Crippen molar-refractivity contribution in [1.82, 2.24) is 4.98 Å². The number of hydrogen-bond acceptors (Lipinski definition) is 6. The number of amides is 2. The van der Waals surface area contributed by atoms with Crippen molar-refractivity contribution in [3.63, 3.8) is 0 Å². The second kappa shape index (κ2) is 7.10. The molecule has 0 aliphatic heterocycles. The molecule has 0 aliphatic rings. The van der Waals surface area contributed by atoms with E-state index in [1.807, 2.05) is 0 Å². The average molecular weight is 369 g/mol. The van der Waals surface area contributed by atoms with Crippen LogP contribution >= 0.6 is 0 Å². The Morgan fingerprint density at radius 1 is 0.963 bits per heavy atom. The number of imide groups is 1. The average Bonchev–Trinajstić information content (AvgIpc) is 2.48. The van der Waals surface area contributed by atoms with Crippen molar-refractivity contribution in [3.8, 4) is 0 Å². The molecule has 7 nitrogen and oxygen atoms in total. The summed E-state index contributed by atoms with van der Waals surface area (Å²) in [5, 5.41) is 1.04. The quantitative estimate of drug-likeness (QED) is 0.612. The molecule has 2 radical (unpaired) electrons. The van der Waals surface area contributed by atoms with E-state index in [0.29, 0.717) is 21.9 Å². The Balaban J connectivity index is 2.63. The molecular formula is C19H24BN3O4. The van der Waals surface area contributed by atoms with Gasteiger partial charge in [-0.2, -0.15) is 4.90 Å². The summed E-state index contributed by atoms with van der Waals surface area (Å²) < 4.78 is 10.8. The number of carbonyl (C=O) groups is 2. The zero-order valence-corrected chi connectivity index (χ0v) is 16.5. The Kier molecular flexibility index (Phi) is 5.40. The molecule has 0 unspecified atom stereocenters. The number of pyridine rings is 1. The first kappa shape index (κ1) is 20.5. The van der Waals surface area contributed by atoms with Gasteiger partial charge in [-0.3, -0.25) is 0 Å². The number of anilines is 2. The van der Waals surface area contributed by atoms with Gasteiger partial charge in [0, 0.05) is 17.3 Å². The Bertz CT molecular complexity index is 857. The third-order valence-corrected chi connectivity index (χ3v) is 3.36. The van der Waals surface area contributed by atoms with Crippen LogP contribution in [0.2, 0.25) is 0 Å². The van der Waals surface area contributed by atoms with Crippen LogP contribution in [0.15, 0.2) is 24.4 Å².